The van der Waals surface area contributed by atoms with Crippen molar-refractivity contribution < 1.29 is 18.0 Å². The van der Waals surface area contributed by atoms with Crippen LogP contribution in [0, 0.1) is 20.8 Å². The van der Waals surface area contributed by atoms with Crippen molar-refractivity contribution in [3.63, 3.8) is 0 Å². The maximum absolute atomic E-state index is 13.6. The molecule has 1 N–H and O–H groups in total. The lowest BCUT2D eigenvalue weighted by Gasteiger charge is -2.33. The third-order valence-corrected chi connectivity index (χ3v) is 6.58. The Hall–Kier alpha value is -2.87. The highest BCUT2D eigenvalue weighted by atomic mass is 32.2. The van der Waals surface area contributed by atoms with E-state index in [2.05, 4.69) is 5.32 Å². The van der Waals surface area contributed by atoms with Gasteiger partial charge in [0.2, 0.25) is 21.8 Å². The van der Waals surface area contributed by atoms with Crippen molar-refractivity contribution in [1.29, 1.82) is 0 Å². The summed E-state index contributed by atoms with van der Waals surface area (Å²) in [6, 6.07) is 12.4. The second kappa shape index (κ2) is 10.6. The molecule has 0 fully saturated rings. The number of sulfonamides is 1. The van der Waals surface area contributed by atoms with Gasteiger partial charge in [-0.3, -0.25) is 13.9 Å². The second-order valence-corrected chi connectivity index (χ2v) is 11.8. The second-order valence-electron chi connectivity index (χ2n) is 9.94. The zero-order valence-corrected chi connectivity index (χ0v) is 22.3. The lowest BCUT2D eigenvalue weighted by atomic mass is 10.1. The first kappa shape index (κ1) is 27.4. The van der Waals surface area contributed by atoms with E-state index < -0.39 is 34.1 Å². The Kier molecular flexibility index (Phi) is 8.53. The van der Waals surface area contributed by atoms with Crippen LogP contribution in [0.2, 0.25) is 0 Å². The van der Waals surface area contributed by atoms with Crippen LogP contribution >= 0.6 is 0 Å². The van der Waals surface area contributed by atoms with Gasteiger partial charge >= 0.3 is 0 Å². The molecule has 0 aliphatic heterocycles. The van der Waals surface area contributed by atoms with E-state index in [4.69, 9.17) is 0 Å². The SMILES string of the molecule is Cc1cccc(CN(C(=O)CN(c2c(C)cccc2C)S(C)(=O)=O)[C@@H](C)C(=O)NC(C)(C)C)c1. The molecule has 0 radical (unpaired) electrons. The molecule has 186 valence electrons. The van der Waals surface area contributed by atoms with Gasteiger partial charge in [-0.1, -0.05) is 48.0 Å². The highest BCUT2D eigenvalue weighted by Crippen LogP contribution is 2.27. The van der Waals surface area contributed by atoms with Gasteiger partial charge in [-0.25, -0.2) is 8.42 Å². The minimum atomic E-state index is -3.76. The highest BCUT2D eigenvalue weighted by Gasteiger charge is 2.32. The van der Waals surface area contributed by atoms with Gasteiger partial charge in [0.25, 0.3) is 0 Å². The lowest BCUT2D eigenvalue weighted by Crippen LogP contribution is -2.54. The summed E-state index contributed by atoms with van der Waals surface area (Å²) in [7, 11) is -3.76. The number of carbonyl (C=O) groups is 2. The number of carbonyl (C=O) groups excluding carboxylic acids is 2. The standard InChI is InChI=1S/C26H37N3O4S/c1-18-11-9-14-22(15-18)16-28(21(4)25(31)27-26(5,6)7)23(30)17-29(34(8,32)33)24-19(2)12-10-13-20(24)3/h9-15,21H,16-17H2,1-8H3,(H,27,31)/t21-/m0/s1. The maximum Gasteiger partial charge on any atom is 0.244 e. The number of nitrogens with zero attached hydrogens (tertiary/aromatic N) is 2. The van der Waals surface area contributed by atoms with Crippen LogP contribution in [0.4, 0.5) is 5.69 Å². The summed E-state index contributed by atoms with van der Waals surface area (Å²) in [6.07, 6.45) is 1.09. The summed E-state index contributed by atoms with van der Waals surface area (Å²) in [5.41, 5.74) is 3.41. The number of anilines is 1. The summed E-state index contributed by atoms with van der Waals surface area (Å²) in [6.45, 7) is 12.7. The van der Waals surface area contributed by atoms with E-state index in [9.17, 15) is 18.0 Å². The number of hydrogen-bond acceptors (Lipinski definition) is 4. The minimum absolute atomic E-state index is 0.184. The fourth-order valence-corrected chi connectivity index (χ4v) is 4.80. The van der Waals surface area contributed by atoms with E-state index in [1.54, 1.807) is 6.92 Å². The number of benzene rings is 2. The highest BCUT2D eigenvalue weighted by molar-refractivity contribution is 7.92. The van der Waals surface area contributed by atoms with Crippen LogP contribution in [0.25, 0.3) is 0 Å². The number of hydrogen-bond donors (Lipinski definition) is 1. The van der Waals surface area contributed by atoms with Crippen molar-refractivity contribution in [3.05, 3.63) is 64.7 Å². The topological polar surface area (TPSA) is 86.8 Å². The zero-order valence-electron chi connectivity index (χ0n) is 21.5. The van der Waals surface area contributed by atoms with Gasteiger partial charge in [0.05, 0.1) is 11.9 Å². The van der Waals surface area contributed by atoms with Gasteiger partial charge in [-0.15, -0.1) is 0 Å². The van der Waals surface area contributed by atoms with Gasteiger partial charge in [0.15, 0.2) is 0 Å². The Bertz CT molecular complexity index is 1130. The summed E-state index contributed by atoms with van der Waals surface area (Å²) >= 11 is 0. The van der Waals surface area contributed by atoms with Gasteiger partial charge in [-0.2, -0.15) is 0 Å². The summed E-state index contributed by atoms with van der Waals surface area (Å²) in [4.78, 5) is 28.1. The fourth-order valence-electron chi connectivity index (χ4n) is 3.84. The molecular weight excluding hydrogens is 450 g/mol. The van der Waals surface area contributed by atoms with Crippen LogP contribution in [-0.2, 0) is 26.2 Å². The molecule has 2 aromatic carbocycles. The van der Waals surface area contributed by atoms with Crippen LogP contribution in [-0.4, -0.2) is 49.5 Å². The molecule has 0 spiro atoms. The first-order valence-electron chi connectivity index (χ1n) is 11.3. The largest absolute Gasteiger partial charge is 0.350 e. The number of aryl methyl sites for hydroxylation is 3. The third kappa shape index (κ3) is 7.32. The molecule has 0 bridgehead atoms. The van der Waals surface area contributed by atoms with E-state index in [-0.39, 0.29) is 12.5 Å². The van der Waals surface area contributed by atoms with E-state index in [0.717, 1.165) is 32.8 Å². The van der Waals surface area contributed by atoms with Gasteiger partial charge in [0, 0.05) is 12.1 Å². The maximum atomic E-state index is 13.6. The molecule has 2 amide bonds. The van der Waals surface area contributed by atoms with Crippen molar-refractivity contribution in [1.82, 2.24) is 10.2 Å². The number of rotatable bonds is 8. The fraction of sp³-hybridized carbons (Fsp3) is 0.462. The quantitative estimate of drug-likeness (QED) is 0.615. The summed E-state index contributed by atoms with van der Waals surface area (Å²) in [5.74, 6) is -0.752. The van der Waals surface area contributed by atoms with Crippen LogP contribution < -0.4 is 9.62 Å². The van der Waals surface area contributed by atoms with Crippen LogP contribution in [0.15, 0.2) is 42.5 Å². The van der Waals surface area contributed by atoms with Crippen molar-refractivity contribution in [2.45, 2.75) is 66.6 Å². The molecule has 1 atom stereocenters. The van der Waals surface area contributed by atoms with Gasteiger partial charge in [0.1, 0.15) is 12.6 Å². The van der Waals surface area contributed by atoms with Crippen LogP contribution in [0.5, 0.6) is 0 Å². The smallest absolute Gasteiger partial charge is 0.244 e. The average Bonchev–Trinajstić information content (AvgIpc) is 2.68. The first-order chi connectivity index (χ1) is 15.6. The monoisotopic (exact) mass is 487 g/mol. The van der Waals surface area contributed by atoms with E-state index in [1.807, 2.05) is 84.0 Å². The first-order valence-corrected chi connectivity index (χ1v) is 13.2. The number of nitrogens with one attached hydrogen (secondary N) is 1. The Morgan fingerprint density at radius 2 is 1.56 bits per heavy atom. The molecule has 7 nitrogen and oxygen atoms in total. The van der Waals surface area contributed by atoms with Crippen molar-refractivity contribution in [2.75, 3.05) is 17.1 Å². The molecule has 2 rings (SSSR count). The van der Waals surface area contributed by atoms with E-state index in [1.165, 1.54) is 4.90 Å². The predicted octanol–water partition coefficient (Wildman–Crippen LogP) is 3.71. The number of amides is 2. The lowest BCUT2D eigenvalue weighted by molar-refractivity contribution is -0.140. The molecule has 8 heteroatoms. The van der Waals surface area contributed by atoms with Crippen molar-refractivity contribution in [2.24, 2.45) is 0 Å². The Morgan fingerprint density at radius 1 is 1.00 bits per heavy atom. The van der Waals surface area contributed by atoms with Crippen molar-refractivity contribution in [3.8, 4) is 0 Å². The van der Waals surface area contributed by atoms with E-state index in [0.29, 0.717) is 5.69 Å². The molecule has 2 aromatic rings. The zero-order chi connectivity index (χ0) is 25.8. The van der Waals surface area contributed by atoms with Gasteiger partial charge in [-0.05, 0) is 65.2 Å². The molecule has 0 saturated carbocycles. The van der Waals surface area contributed by atoms with Crippen LogP contribution in [0.3, 0.4) is 0 Å². The molecule has 34 heavy (non-hydrogen) atoms. The normalized spacial score (nSPS) is 12.7. The number of para-hydroxylation sites is 1. The molecule has 0 aliphatic carbocycles. The molecule has 0 aromatic heterocycles. The molecule has 0 unspecified atom stereocenters. The molecule has 0 aliphatic rings. The van der Waals surface area contributed by atoms with Crippen LogP contribution in [0.1, 0.15) is 49.9 Å². The Balaban J connectivity index is 2.47. The summed E-state index contributed by atoms with van der Waals surface area (Å²) < 4.78 is 26.7. The molecule has 0 saturated heterocycles. The average molecular weight is 488 g/mol. The third-order valence-electron chi connectivity index (χ3n) is 5.47. The minimum Gasteiger partial charge on any atom is -0.350 e. The van der Waals surface area contributed by atoms with Gasteiger partial charge < -0.3 is 10.2 Å². The Morgan fingerprint density at radius 3 is 2.06 bits per heavy atom. The van der Waals surface area contributed by atoms with E-state index >= 15 is 0 Å². The Labute approximate surface area is 204 Å². The molecule has 0 heterocycles. The summed E-state index contributed by atoms with van der Waals surface area (Å²) in [5, 5.41) is 2.92. The van der Waals surface area contributed by atoms with Crippen molar-refractivity contribution >= 4 is 27.5 Å². The molecular formula is C26H37N3O4S. The predicted molar refractivity (Wildman–Crippen MR) is 137 cm³/mol.